The predicted molar refractivity (Wildman–Crippen MR) is 118 cm³/mol. The van der Waals surface area contributed by atoms with Crippen LogP contribution in [0.25, 0.3) is 0 Å². The van der Waals surface area contributed by atoms with Gasteiger partial charge in [-0.2, -0.15) is 5.10 Å². The van der Waals surface area contributed by atoms with Gasteiger partial charge >= 0.3 is 0 Å². The molecule has 0 heterocycles. The van der Waals surface area contributed by atoms with Crippen molar-refractivity contribution in [3.8, 4) is 5.75 Å². The molecule has 0 fully saturated rings. The number of amides is 1. The molecular weight excluding hydrogens is 436 g/mol. The molecule has 0 saturated heterocycles. The number of nitrogens with zero attached hydrogens (tertiary/aromatic N) is 1. The van der Waals surface area contributed by atoms with Gasteiger partial charge in [0.15, 0.2) is 0 Å². The average molecular weight is 455 g/mol. The fourth-order valence-electron chi connectivity index (χ4n) is 2.47. The maximum Gasteiger partial charge on any atom is 0.271 e. The number of carbonyl (C=O) groups excluding carboxylic acids is 1. The van der Waals surface area contributed by atoms with E-state index in [2.05, 4.69) is 38.6 Å². The molecule has 0 spiro atoms. The van der Waals surface area contributed by atoms with Crippen molar-refractivity contribution in [3.63, 3.8) is 0 Å². The summed E-state index contributed by atoms with van der Waals surface area (Å²) in [6.07, 6.45) is 1.56. The minimum absolute atomic E-state index is 0.257. The van der Waals surface area contributed by atoms with Crippen LogP contribution in [0.2, 0.25) is 0 Å². The van der Waals surface area contributed by atoms with Crippen molar-refractivity contribution in [2.45, 2.75) is 10.6 Å². The molecule has 3 rings (SSSR count). The highest BCUT2D eigenvalue weighted by molar-refractivity contribution is 9.10. The number of rotatable bonds is 7. The van der Waals surface area contributed by atoms with E-state index in [0.717, 1.165) is 21.4 Å². The summed E-state index contributed by atoms with van der Waals surface area (Å²) in [5, 5.41) is 4.04. The Morgan fingerprint density at radius 3 is 2.57 bits per heavy atom. The van der Waals surface area contributed by atoms with Gasteiger partial charge in [0.05, 0.1) is 13.3 Å². The number of hydrazone groups is 1. The Bertz CT molecular complexity index is 960. The van der Waals surface area contributed by atoms with Gasteiger partial charge in [0, 0.05) is 26.2 Å². The van der Waals surface area contributed by atoms with Crippen LogP contribution in [0, 0.1) is 0 Å². The van der Waals surface area contributed by atoms with E-state index < -0.39 is 0 Å². The van der Waals surface area contributed by atoms with Gasteiger partial charge in [-0.05, 0) is 48.0 Å². The van der Waals surface area contributed by atoms with Gasteiger partial charge in [-0.1, -0.05) is 46.3 Å². The van der Waals surface area contributed by atoms with Crippen LogP contribution < -0.4 is 10.2 Å². The molecule has 3 aromatic rings. The third-order valence-corrected chi connectivity index (χ3v) is 5.50. The number of hydrogen-bond acceptors (Lipinski definition) is 4. The Morgan fingerprint density at radius 1 is 1.11 bits per heavy atom. The van der Waals surface area contributed by atoms with Crippen molar-refractivity contribution in [2.75, 3.05) is 7.11 Å². The molecule has 0 atom stereocenters. The molecule has 0 unspecified atom stereocenters. The van der Waals surface area contributed by atoms with Crippen molar-refractivity contribution in [3.05, 3.63) is 94.0 Å². The molecule has 1 N–H and O–H groups in total. The minimum atomic E-state index is -0.257. The minimum Gasteiger partial charge on any atom is -0.496 e. The first kappa shape index (κ1) is 20.2. The zero-order valence-electron chi connectivity index (χ0n) is 15.3. The van der Waals surface area contributed by atoms with Crippen LogP contribution in [0.15, 0.2) is 87.3 Å². The Labute approximate surface area is 177 Å². The summed E-state index contributed by atoms with van der Waals surface area (Å²) in [5.41, 5.74) is 5.04. The fourth-order valence-corrected chi connectivity index (χ4v) is 3.72. The summed E-state index contributed by atoms with van der Waals surface area (Å²) in [6, 6.07) is 23.4. The topological polar surface area (TPSA) is 50.7 Å². The largest absolute Gasteiger partial charge is 0.496 e. The highest BCUT2D eigenvalue weighted by Crippen LogP contribution is 2.23. The van der Waals surface area contributed by atoms with Gasteiger partial charge in [-0.25, -0.2) is 5.43 Å². The predicted octanol–water partition coefficient (Wildman–Crippen LogP) is 5.51. The lowest BCUT2D eigenvalue weighted by Crippen LogP contribution is -2.17. The molecule has 0 saturated carbocycles. The SMILES string of the molecule is COc1ccc(Br)cc1/C=N/NC(=O)c1ccc(CSc2ccccc2)cc1. The van der Waals surface area contributed by atoms with E-state index in [0.29, 0.717) is 11.3 Å². The second-order valence-electron chi connectivity index (χ2n) is 5.88. The van der Waals surface area contributed by atoms with Crippen LogP contribution in [-0.2, 0) is 5.75 Å². The molecule has 0 aliphatic carbocycles. The highest BCUT2D eigenvalue weighted by atomic mass is 79.9. The van der Waals surface area contributed by atoms with Crippen molar-refractivity contribution >= 4 is 39.8 Å². The smallest absolute Gasteiger partial charge is 0.271 e. The van der Waals surface area contributed by atoms with Crippen molar-refractivity contribution in [1.82, 2.24) is 5.43 Å². The number of carbonyl (C=O) groups is 1. The maximum atomic E-state index is 12.3. The van der Waals surface area contributed by atoms with Gasteiger partial charge in [0.1, 0.15) is 5.75 Å². The van der Waals surface area contributed by atoms with Crippen LogP contribution in [0.1, 0.15) is 21.5 Å². The highest BCUT2D eigenvalue weighted by Gasteiger charge is 2.05. The van der Waals surface area contributed by atoms with Crippen LogP contribution in [0.4, 0.5) is 0 Å². The van der Waals surface area contributed by atoms with Gasteiger partial charge in [-0.15, -0.1) is 11.8 Å². The lowest BCUT2D eigenvalue weighted by Gasteiger charge is -2.05. The molecule has 0 aromatic heterocycles. The Hall–Kier alpha value is -2.57. The molecule has 0 bridgehead atoms. The number of ether oxygens (including phenoxy) is 1. The van der Waals surface area contributed by atoms with Gasteiger partial charge < -0.3 is 4.74 Å². The van der Waals surface area contributed by atoms with Gasteiger partial charge in [0.2, 0.25) is 0 Å². The fraction of sp³-hybridized carbons (Fsp3) is 0.0909. The third-order valence-electron chi connectivity index (χ3n) is 3.93. The van der Waals surface area contributed by atoms with E-state index in [9.17, 15) is 4.79 Å². The first-order valence-corrected chi connectivity index (χ1v) is 10.4. The standard InChI is InChI=1S/C22H19BrN2O2S/c1-27-21-12-11-19(23)13-18(21)14-24-25-22(26)17-9-7-16(8-10-17)15-28-20-5-3-2-4-6-20/h2-14H,15H2,1H3,(H,25,26)/b24-14+. The summed E-state index contributed by atoms with van der Waals surface area (Å²) in [4.78, 5) is 13.5. The maximum absolute atomic E-state index is 12.3. The number of halogens is 1. The van der Waals surface area contributed by atoms with Crippen LogP contribution in [0.3, 0.4) is 0 Å². The van der Waals surface area contributed by atoms with Crippen molar-refractivity contribution in [2.24, 2.45) is 5.10 Å². The van der Waals surface area contributed by atoms with E-state index >= 15 is 0 Å². The first-order chi connectivity index (χ1) is 13.7. The van der Waals surface area contributed by atoms with E-state index in [-0.39, 0.29) is 5.91 Å². The van der Waals surface area contributed by atoms with Gasteiger partial charge in [-0.3, -0.25) is 4.79 Å². The molecule has 0 radical (unpaired) electrons. The number of nitrogens with one attached hydrogen (secondary N) is 1. The number of benzene rings is 3. The first-order valence-electron chi connectivity index (χ1n) is 8.59. The Morgan fingerprint density at radius 2 is 1.86 bits per heavy atom. The molecule has 6 heteroatoms. The van der Waals surface area contributed by atoms with E-state index in [1.165, 1.54) is 4.90 Å². The lowest BCUT2D eigenvalue weighted by atomic mass is 10.1. The Balaban J connectivity index is 1.57. The lowest BCUT2D eigenvalue weighted by molar-refractivity contribution is 0.0955. The number of thioether (sulfide) groups is 1. The van der Waals surface area contributed by atoms with E-state index in [1.54, 1.807) is 25.1 Å². The summed E-state index contributed by atoms with van der Waals surface area (Å²) >= 11 is 5.18. The number of hydrogen-bond donors (Lipinski definition) is 1. The second kappa shape index (κ2) is 10.1. The molecule has 0 aliphatic heterocycles. The van der Waals surface area contributed by atoms with E-state index in [4.69, 9.17) is 4.74 Å². The van der Waals surface area contributed by atoms with Crippen LogP contribution >= 0.6 is 27.7 Å². The quantitative estimate of drug-likeness (QED) is 0.290. The molecule has 0 aliphatic rings. The summed E-state index contributed by atoms with van der Waals surface area (Å²) in [5.74, 6) is 1.28. The summed E-state index contributed by atoms with van der Waals surface area (Å²) < 4.78 is 6.19. The normalized spacial score (nSPS) is 10.8. The molecule has 142 valence electrons. The Kier molecular flexibility index (Phi) is 7.28. The van der Waals surface area contributed by atoms with Crippen molar-refractivity contribution < 1.29 is 9.53 Å². The van der Waals surface area contributed by atoms with Crippen LogP contribution in [-0.4, -0.2) is 19.2 Å². The molecular formula is C22H19BrN2O2S. The van der Waals surface area contributed by atoms with E-state index in [1.807, 2.05) is 60.7 Å². The number of methoxy groups -OCH3 is 1. The third kappa shape index (κ3) is 5.71. The summed E-state index contributed by atoms with van der Waals surface area (Å²) in [6.45, 7) is 0. The monoisotopic (exact) mass is 454 g/mol. The molecule has 1 amide bonds. The molecule has 3 aromatic carbocycles. The average Bonchev–Trinajstić information content (AvgIpc) is 2.73. The van der Waals surface area contributed by atoms with Crippen molar-refractivity contribution in [1.29, 1.82) is 0 Å². The second-order valence-corrected chi connectivity index (χ2v) is 7.85. The molecule has 28 heavy (non-hydrogen) atoms. The zero-order chi connectivity index (χ0) is 19.8. The van der Waals surface area contributed by atoms with Gasteiger partial charge in [0.25, 0.3) is 5.91 Å². The van der Waals surface area contributed by atoms with Crippen LogP contribution in [0.5, 0.6) is 5.75 Å². The molecule has 4 nitrogen and oxygen atoms in total. The summed E-state index contributed by atoms with van der Waals surface area (Å²) in [7, 11) is 1.59. The zero-order valence-corrected chi connectivity index (χ0v) is 17.7.